The number of imidazole rings is 1. The Morgan fingerprint density at radius 2 is 2.10 bits per heavy atom. The van der Waals surface area contributed by atoms with E-state index >= 15 is 0 Å². The van der Waals surface area contributed by atoms with Gasteiger partial charge in [0.15, 0.2) is 5.82 Å². The largest absolute Gasteiger partial charge is 0.507 e. The smallest absolute Gasteiger partial charge is 0.151 e. The van der Waals surface area contributed by atoms with E-state index in [1.165, 1.54) is 0 Å². The van der Waals surface area contributed by atoms with E-state index in [4.69, 9.17) is 0 Å². The number of nitrogens with zero attached hydrogens (tertiary/aromatic N) is 5. The van der Waals surface area contributed by atoms with Crippen LogP contribution in [-0.4, -0.2) is 37.9 Å². The molecule has 2 aromatic heterocycles. The lowest BCUT2D eigenvalue weighted by molar-refractivity contribution is 0.319. The summed E-state index contributed by atoms with van der Waals surface area (Å²) < 4.78 is 1.84. The number of rotatable bonds is 5. The molecule has 29 heavy (non-hydrogen) atoms. The number of phenolic OH excluding ortho intramolecular Hbond substituents is 1. The maximum Gasteiger partial charge on any atom is 0.151 e. The SMILES string of the molecule is CC[C@]1(C)C=CC[C@H](N(C)c2ccc(-c3ccc(-n4ccnc4)cc3O)nn2)C1. The fraction of sp³-hybridized carbons (Fsp3) is 0.348. The third kappa shape index (κ3) is 3.88. The predicted octanol–water partition coefficient (Wildman–Crippen LogP) is 4.61. The van der Waals surface area contributed by atoms with Gasteiger partial charge in [0.05, 0.1) is 17.7 Å². The third-order valence-electron chi connectivity index (χ3n) is 6.06. The number of anilines is 1. The lowest BCUT2D eigenvalue weighted by Crippen LogP contribution is -2.38. The molecule has 0 spiro atoms. The second-order valence-electron chi connectivity index (χ2n) is 8.06. The van der Waals surface area contributed by atoms with Crippen LogP contribution in [0.3, 0.4) is 0 Å². The molecule has 1 aliphatic rings. The average Bonchev–Trinajstić information content (AvgIpc) is 3.28. The first-order valence-corrected chi connectivity index (χ1v) is 10.0. The van der Waals surface area contributed by atoms with Crippen LogP contribution in [-0.2, 0) is 0 Å². The summed E-state index contributed by atoms with van der Waals surface area (Å²) in [4.78, 5) is 6.26. The molecule has 4 rings (SSSR count). The summed E-state index contributed by atoms with van der Waals surface area (Å²) in [7, 11) is 2.08. The summed E-state index contributed by atoms with van der Waals surface area (Å²) in [6.45, 7) is 4.56. The average molecular weight is 390 g/mol. The minimum Gasteiger partial charge on any atom is -0.507 e. The van der Waals surface area contributed by atoms with Gasteiger partial charge in [-0.25, -0.2) is 4.98 Å². The fourth-order valence-corrected chi connectivity index (χ4v) is 3.91. The molecule has 0 saturated heterocycles. The van der Waals surface area contributed by atoms with E-state index < -0.39 is 0 Å². The first kappa shape index (κ1) is 19.2. The highest BCUT2D eigenvalue weighted by Gasteiger charge is 2.29. The molecule has 0 unspecified atom stereocenters. The molecular formula is C23H27N5O. The Morgan fingerprint density at radius 3 is 2.76 bits per heavy atom. The fourth-order valence-electron chi connectivity index (χ4n) is 3.91. The monoisotopic (exact) mass is 389 g/mol. The molecule has 0 bridgehead atoms. The van der Waals surface area contributed by atoms with Crippen molar-refractivity contribution in [2.24, 2.45) is 5.41 Å². The van der Waals surface area contributed by atoms with E-state index in [0.717, 1.165) is 30.8 Å². The Labute approximate surface area is 171 Å². The summed E-state index contributed by atoms with van der Waals surface area (Å²) in [5, 5.41) is 19.3. The minimum absolute atomic E-state index is 0.169. The second kappa shape index (κ2) is 7.70. The van der Waals surface area contributed by atoms with E-state index in [-0.39, 0.29) is 11.2 Å². The molecule has 1 aliphatic carbocycles. The standard InChI is InChI=1S/C23H27N5O/c1-4-23(2)11-5-6-18(15-23)27(3)22-10-9-20(25-26-22)19-8-7-17(14-21(19)29)28-13-12-24-16-28/h5,7-14,16,18,29H,4,6,15H2,1-3H3/t18-,23+/m0/s1. The van der Waals surface area contributed by atoms with Gasteiger partial charge in [0.2, 0.25) is 0 Å². The van der Waals surface area contributed by atoms with Crippen molar-refractivity contribution in [1.29, 1.82) is 0 Å². The summed E-state index contributed by atoms with van der Waals surface area (Å²) >= 11 is 0. The van der Waals surface area contributed by atoms with Crippen LogP contribution in [0.25, 0.3) is 16.9 Å². The maximum atomic E-state index is 10.5. The van der Waals surface area contributed by atoms with Gasteiger partial charge in [0, 0.05) is 37.1 Å². The van der Waals surface area contributed by atoms with Crippen LogP contribution in [0.5, 0.6) is 5.75 Å². The highest BCUT2D eigenvalue weighted by Crippen LogP contribution is 2.36. The molecule has 6 heteroatoms. The Bertz CT molecular complexity index is 997. The highest BCUT2D eigenvalue weighted by molar-refractivity contribution is 5.69. The van der Waals surface area contributed by atoms with Gasteiger partial charge >= 0.3 is 0 Å². The molecule has 2 heterocycles. The van der Waals surface area contributed by atoms with E-state index in [0.29, 0.717) is 17.3 Å². The quantitative estimate of drug-likeness (QED) is 0.646. The van der Waals surface area contributed by atoms with Crippen LogP contribution < -0.4 is 4.90 Å². The van der Waals surface area contributed by atoms with E-state index in [1.807, 2.05) is 35.0 Å². The number of allylic oxidation sites excluding steroid dienone is 1. The Balaban J connectivity index is 1.53. The van der Waals surface area contributed by atoms with Gasteiger partial charge in [-0.3, -0.25) is 0 Å². The summed E-state index contributed by atoms with van der Waals surface area (Å²) in [5.74, 6) is 1.02. The van der Waals surface area contributed by atoms with Gasteiger partial charge in [-0.05, 0) is 48.9 Å². The maximum absolute atomic E-state index is 10.5. The van der Waals surface area contributed by atoms with Crippen molar-refractivity contribution in [2.75, 3.05) is 11.9 Å². The van der Waals surface area contributed by atoms with Gasteiger partial charge < -0.3 is 14.6 Å². The lowest BCUT2D eigenvalue weighted by Gasteiger charge is -2.38. The van der Waals surface area contributed by atoms with Crippen LogP contribution in [0.1, 0.15) is 33.1 Å². The van der Waals surface area contributed by atoms with Crippen molar-refractivity contribution in [3.8, 4) is 22.7 Å². The van der Waals surface area contributed by atoms with E-state index in [9.17, 15) is 5.11 Å². The summed E-state index contributed by atoms with van der Waals surface area (Å²) in [6, 6.07) is 9.80. The van der Waals surface area contributed by atoms with Crippen molar-refractivity contribution in [1.82, 2.24) is 19.7 Å². The van der Waals surface area contributed by atoms with Gasteiger partial charge in [-0.15, -0.1) is 10.2 Å². The zero-order valence-electron chi connectivity index (χ0n) is 17.2. The molecule has 0 radical (unpaired) electrons. The highest BCUT2D eigenvalue weighted by atomic mass is 16.3. The Hall–Kier alpha value is -3.15. The summed E-state index contributed by atoms with van der Waals surface area (Å²) in [6.07, 6.45) is 13.1. The summed E-state index contributed by atoms with van der Waals surface area (Å²) in [5.41, 5.74) is 2.40. The van der Waals surface area contributed by atoms with Crippen LogP contribution >= 0.6 is 0 Å². The number of aromatic nitrogens is 4. The second-order valence-corrected chi connectivity index (χ2v) is 8.06. The van der Waals surface area contributed by atoms with Gasteiger partial charge in [-0.1, -0.05) is 26.0 Å². The topological polar surface area (TPSA) is 67.1 Å². The molecule has 2 atom stereocenters. The van der Waals surface area contributed by atoms with Crippen LogP contribution in [0, 0.1) is 5.41 Å². The van der Waals surface area contributed by atoms with Crippen molar-refractivity contribution >= 4 is 5.82 Å². The molecule has 3 aromatic rings. The van der Waals surface area contributed by atoms with Crippen molar-refractivity contribution < 1.29 is 5.11 Å². The van der Waals surface area contributed by atoms with Gasteiger partial charge in [0.25, 0.3) is 0 Å². The van der Waals surface area contributed by atoms with E-state index in [1.54, 1.807) is 18.6 Å². The number of hydrogen-bond donors (Lipinski definition) is 1. The Kier molecular flexibility index (Phi) is 5.09. The molecule has 1 N–H and O–H groups in total. The van der Waals surface area contributed by atoms with Crippen molar-refractivity contribution in [3.63, 3.8) is 0 Å². The van der Waals surface area contributed by atoms with Crippen LogP contribution in [0.2, 0.25) is 0 Å². The number of phenols is 1. The van der Waals surface area contributed by atoms with Gasteiger partial charge in [-0.2, -0.15) is 0 Å². The molecule has 1 aromatic carbocycles. The van der Waals surface area contributed by atoms with E-state index in [2.05, 4.69) is 53.1 Å². The zero-order valence-corrected chi connectivity index (χ0v) is 17.2. The van der Waals surface area contributed by atoms with Crippen molar-refractivity contribution in [3.05, 3.63) is 61.2 Å². The third-order valence-corrected chi connectivity index (χ3v) is 6.06. The van der Waals surface area contributed by atoms with Gasteiger partial charge in [0.1, 0.15) is 5.75 Å². The molecule has 6 nitrogen and oxygen atoms in total. The molecule has 0 fully saturated rings. The molecule has 0 amide bonds. The molecule has 0 aliphatic heterocycles. The number of aromatic hydroxyl groups is 1. The predicted molar refractivity (Wildman–Crippen MR) is 115 cm³/mol. The minimum atomic E-state index is 0.169. The van der Waals surface area contributed by atoms with Crippen LogP contribution in [0.15, 0.2) is 61.2 Å². The number of hydrogen-bond acceptors (Lipinski definition) is 5. The number of benzene rings is 1. The normalized spacial score (nSPS) is 21.3. The molecule has 150 valence electrons. The molecular weight excluding hydrogens is 362 g/mol. The first-order valence-electron chi connectivity index (χ1n) is 10.0. The Morgan fingerprint density at radius 1 is 1.24 bits per heavy atom. The lowest BCUT2D eigenvalue weighted by atomic mass is 9.76. The zero-order chi connectivity index (χ0) is 20.4. The molecule has 0 saturated carbocycles. The first-order chi connectivity index (χ1) is 14.0. The van der Waals surface area contributed by atoms with Crippen LogP contribution in [0.4, 0.5) is 5.82 Å². The van der Waals surface area contributed by atoms with Crippen molar-refractivity contribution in [2.45, 2.75) is 39.2 Å².